The van der Waals surface area contributed by atoms with Crippen LogP contribution in [-0.2, 0) is 6.54 Å². The minimum atomic E-state index is 0.0765. The standard InChI is InChI=1S/C14H13Cl2N3O/c15-11-5-2-6-12(13(11)16)18-8-9-3-1-4-10(7-9)14(17)19-20/h1-7,18,20H,8H2,(H2,17,19). The van der Waals surface area contributed by atoms with E-state index in [1.807, 2.05) is 30.3 Å². The van der Waals surface area contributed by atoms with Crippen molar-refractivity contribution in [3.8, 4) is 0 Å². The number of oxime groups is 1. The molecule has 0 aromatic heterocycles. The fourth-order valence-electron chi connectivity index (χ4n) is 1.74. The van der Waals surface area contributed by atoms with Crippen molar-refractivity contribution in [2.75, 3.05) is 5.32 Å². The van der Waals surface area contributed by atoms with Gasteiger partial charge < -0.3 is 16.3 Å². The molecule has 2 aromatic carbocycles. The van der Waals surface area contributed by atoms with Gasteiger partial charge in [0.05, 0.1) is 15.7 Å². The molecule has 20 heavy (non-hydrogen) atoms. The summed E-state index contributed by atoms with van der Waals surface area (Å²) in [4.78, 5) is 0. The first-order valence-corrected chi connectivity index (χ1v) is 6.62. The van der Waals surface area contributed by atoms with Crippen molar-refractivity contribution in [2.45, 2.75) is 6.54 Å². The molecule has 0 heterocycles. The van der Waals surface area contributed by atoms with Gasteiger partial charge in [-0.2, -0.15) is 0 Å². The van der Waals surface area contributed by atoms with Crippen LogP contribution in [0.15, 0.2) is 47.6 Å². The summed E-state index contributed by atoms with van der Waals surface area (Å²) in [5, 5.41) is 15.8. The van der Waals surface area contributed by atoms with Crippen LogP contribution in [-0.4, -0.2) is 11.0 Å². The zero-order valence-electron chi connectivity index (χ0n) is 10.5. The maximum absolute atomic E-state index is 8.67. The Hall–Kier alpha value is -1.91. The van der Waals surface area contributed by atoms with Crippen LogP contribution in [0.3, 0.4) is 0 Å². The number of rotatable bonds is 4. The first-order valence-electron chi connectivity index (χ1n) is 5.86. The fraction of sp³-hybridized carbons (Fsp3) is 0.0714. The van der Waals surface area contributed by atoms with Crippen LogP contribution in [0.2, 0.25) is 10.0 Å². The van der Waals surface area contributed by atoms with Gasteiger partial charge in [-0.25, -0.2) is 0 Å². The van der Waals surface area contributed by atoms with E-state index in [1.165, 1.54) is 0 Å². The van der Waals surface area contributed by atoms with Crippen molar-refractivity contribution in [3.05, 3.63) is 63.6 Å². The van der Waals surface area contributed by atoms with Gasteiger partial charge in [0.1, 0.15) is 0 Å². The number of hydrogen-bond donors (Lipinski definition) is 3. The first kappa shape index (κ1) is 14.5. The Labute approximate surface area is 126 Å². The second-order valence-electron chi connectivity index (χ2n) is 4.14. The summed E-state index contributed by atoms with van der Waals surface area (Å²) in [6.45, 7) is 0.548. The average molecular weight is 310 g/mol. The van der Waals surface area contributed by atoms with Gasteiger partial charge in [0.2, 0.25) is 0 Å². The normalized spacial score (nSPS) is 11.4. The maximum atomic E-state index is 8.67. The third-order valence-corrected chi connectivity index (χ3v) is 3.58. The zero-order chi connectivity index (χ0) is 14.5. The molecule has 6 heteroatoms. The van der Waals surface area contributed by atoms with E-state index in [2.05, 4.69) is 10.5 Å². The van der Waals surface area contributed by atoms with Crippen LogP contribution in [0, 0.1) is 0 Å². The van der Waals surface area contributed by atoms with E-state index in [1.54, 1.807) is 12.1 Å². The minimum Gasteiger partial charge on any atom is -0.409 e. The smallest absolute Gasteiger partial charge is 0.170 e. The van der Waals surface area contributed by atoms with Crippen LogP contribution >= 0.6 is 23.2 Å². The monoisotopic (exact) mass is 309 g/mol. The predicted molar refractivity (Wildman–Crippen MR) is 82.7 cm³/mol. The molecule has 0 aliphatic heterocycles. The molecule has 0 aliphatic carbocycles. The highest BCUT2D eigenvalue weighted by atomic mass is 35.5. The topological polar surface area (TPSA) is 70.6 Å². The first-order chi connectivity index (χ1) is 9.61. The number of nitrogens with two attached hydrogens (primary N) is 1. The molecule has 0 spiro atoms. The second kappa shape index (κ2) is 6.50. The molecule has 4 N–H and O–H groups in total. The van der Waals surface area contributed by atoms with E-state index in [4.69, 9.17) is 34.1 Å². The highest BCUT2D eigenvalue weighted by Gasteiger charge is 2.05. The Morgan fingerprint density at radius 1 is 1.20 bits per heavy atom. The molecule has 4 nitrogen and oxygen atoms in total. The summed E-state index contributed by atoms with van der Waals surface area (Å²) >= 11 is 12.0. The minimum absolute atomic E-state index is 0.0765. The maximum Gasteiger partial charge on any atom is 0.170 e. The summed E-state index contributed by atoms with van der Waals surface area (Å²) in [6.07, 6.45) is 0. The number of anilines is 1. The lowest BCUT2D eigenvalue weighted by Gasteiger charge is -2.10. The SMILES string of the molecule is NC(=NO)c1cccc(CNc2cccc(Cl)c2Cl)c1. The van der Waals surface area contributed by atoms with Crippen LogP contribution in [0.5, 0.6) is 0 Å². The third kappa shape index (κ3) is 3.35. The van der Waals surface area contributed by atoms with Crippen LogP contribution in [0.4, 0.5) is 5.69 Å². The summed E-state index contributed by atoms with van der Waals surface area (Å²) < 4.78 is 0. The van der Waals surface area contributed by atoms with E-state index in [9.17, 15) is 0 Å². The molecule has 0 fully saturated rings. The van der Waals surface area contributed by atoms with E-state index in [0.717, 1.165) is 11.3 Å². The van der Waals surface area contributed by atoms with E-state index < -0.39 is 0 Å². The lowest BCUT2D eigenvalue weighted by atomic mass is 10.1. The molecule has 0 radical (unpaired) electrons. The molecule has 0 saturated heterocycles. The summed E-state index contributed by atoms with van der Waals surface area (Å²) in [5.74, 6) is 0.0765. The molecular formula is C14H13Cl2N3O. The Bertz CT molecular complexity index is 644. The van der Waals surface area contributed by atoms with Gasteiger partial charge in [0.15, 0.2) is 5.84 Å². The van der Waals surface area contributed by atoms with Crippen LogP contribution in [0.25, 0.3) is 0 Å². The van der Waals surface area contributed by atoms with Crippen molar-refractivity contribution in [3.63, 3.8) is 0 Å². The number of amidine groups is 1. The van der Waals surface area contributed by atoms with Crippen molar-refractivity contribution >= 4 is 34.7 Å². The summed E-state index contributed by atoms with van der Waals surface area (Å²) in [6, 6.07) is 12.8. The molecule has 104 valence electrons. The van der Waals surface area contributed by atoms with Crippen molar-refractivity contribution in [1.29, 1.82) is 0 Å². The molecule has 0 atom stereocenters. The largest absolute Gasteiger partial charge is 0.409 e. The lowest BCUT2D eigenvalue weighted by molar-refractivity contribution is 0.318. The molecule has 2 aromatic rings. The van der Waals surface area contributed by atoms with Gasteiger partial charge in [-0.15, -0.1) is 0 Å². The van der Waals surface area contributed by atoms with Crippen LogP contribution < -0.4 is 11.1 Å². The Morgan fingerprint density at radius 3 is 2.70 bits per heavy atom. The molecule has 0 aliphatic rings. The fourth-order valence-corrected chi connectivity index (χ4v) is 2.10. The van der Waals surface area contributed by atoms with E-state index in [0.29, 0.717) is 22.2 Å². The predicted octanol–water partition coefficient (Wildman–Crippen LogP) is 3.70. The van der Waals surface area contributed by atoms with E-state index in [-0.39, 0.29) is 5.84 Å². The lowest BCUT2D eigenvalue weighted by Crippen LogP contribution is -2.13. The van der Waals surface area contributed by atoms with Gasteiger partial charge in [-0.1, -0.05) is 52.6 Å². The van der Waals surface area contributed by atoms with Crippen LogP contribution in [0.1, 0.15) is 11.1 Å². The van der Waals surface area contributed by atoms with Crippen molar-refractivity contribution in [2.24, 2.45) is 10.9 Å². The molecule has 0 amide bonds. The van der Waals surface area contributed by atoms with Gasteiger partial charge in [-0.05, 0) is 23.8 Å². The number of halogens is 2. The van der Waals surface area contributed by atoms with Crippen molar-refractivity contribution in [1.82, 2.24) is 0 Å². The highest BCUT2D eigenvalue weighted by molar-refractivity contribution is 6.43. The van der Waals surface area contributed by atoms with Crippen molar-refractivity contribution < 1.29 is 5.21 Å². The Balaban J connectivity index is 2.13. The number of benzene rings is 2. The van der Waals surface area contributed by atoms with Gasteiger partial charge >= 0.3 is 0 Å². The Morgan fingerprint density at radius 2 is 1.95 bits per heavy atom. The molecule has 0 saturated carbocycles. The summed E-state index contributed by atoms with van der Waals surface area (Å²) in [5.41, 5.74) is 7.95. The highest BCUT2D eigenvalue weighted by Crippen LogP contribution is 2.29. The summed E-state index contributed by atoms with van der Waals surface area (Å²) in [7, 11) is 0. The number of nitrogens with one attached hydrogen (secondary N) is 1. The zero-order valence-corrected chi connectivity index (χ0v) is 12.0. The number of nitrogens with zero attached hydrogens (tertiary/aromatic N) is 1. The van der Waals surface area contributed by atoms with E-state index >= 15 is 0 Å². The molecule has 0 bridgehead atoms. The van der Waals surface area contributed by atoms with Gasteiger partial charge in [0, 0.05) is 12.1 Å². The van der Waals surface area contributed by atoms with Gasteiger partial charge in [-0.3, -0.25) is 0 Å². The molecule has 0 unspecified atom stereocenters. The second-order valence-corrected chi connectivity index (χ2v) is 4.93. The van der Waals surface area contributed by atoms with Gasteiger partial charge in [0.25, 0.3) is 0 Å². The molecule has 2 rings (SSSR count). The third-order valence-electron chi connectivity index (χ3n) is 2.77. The Kier molecular flexibility index (Phi) is 4.71. The molecular weight excluding hydrogens is 297 g/mol. The number of hydrogen-bond acceptors (Lipinski definition) is 3. The quantitative estimate of drug-likeness (QED) is 0.349. The average Bonchev–Trinajstić information content (AvgIpc) is 2.48.